The number of benzene rings is 3. The summed E-state index contributed by atoms with van der Waals surface area (Å²) < 4.78 is 0. The first-order chi connectivity index (χ1) is 9.66. The van der Waals surface area contributed by atoms with Crippen LogP contribution in [0.4, 0.5) is 0 Å². The Morgan fingerprint density at radius 1 is 0.900 bits per heavy atom. The largest absolute Gasteiger partial charge is 0.478 e. The number of hydrogen-bond acceptors (Lipinski definition) is 1. The molecule has 0 aliphatic rings. The number of aromatic carboxylic acids is 1. The zero-order valence-electron chi connectivity index (χ0n) is 11.1. The molecule has 0 amide bonds. The fourth-order valence-electron chi connectivity index (χ4n) is 2.56. The molecule has 0 saturated heterocycles. The Labute approximate surface area is 117 Å². The van der Waals surface area contributed by atoms with Gasteiger partial charge in [0, 0.05) is 0 Å². The Morgan fingerprint density at radius 3 is 2.40 bits per heavy atom. The first kappa shape index (κ1) is 12.4. The molecule has 2 heteroatoms. The number of hydrogen-bond donors (Lipinski definition) is 1. The van der Waals surface area contributed by atoms with Crippen molar-refractivity contribution < 1.29 is 9.90 Å². The van der Waals surface area contributed by atoms with Crippen LogP contribution in [0.2, 0.25) is 0 Å². The monoisotopic (exact) mass is 262 g/mol. The molecule has 1 N–H and O–H groups in total. The highest BCUT2D eigenvalue weighted by molar-refractivity contribution is 5.98. The summed E-state index contributed by atoms with van der Waals surface area (Å²) in [6.45, 7) is 1.95. The number of carbonyl (C=O) groups is 1. The van der Waals surface area contributed by atoms with Crippen molar-refractivity contribution in [1.82, 2.24) is 0 Å². The van der Waals surface area contributed by atoms with Gasteiger partial charge in [-0.15, -0.1) is 0 Å². The van der Waals surface area contributed by atoms with Gasteiger partial charge in [-0.05, 0) is 46.5 Å². The zero-order valence-corrected chi connectivity index (χ0v) is 11.1. The Kier molecular flexibility index (Phi) is 2.99. The number of aryl methyl sites for hydroxylation is 1. The summed E-state index contributed by atoms with van der Waals surface area (Å²) in [4.78, 5) is 11.0. The van der Waals surface area contributed by atoms with E-state index in [0.717, 1.165) is 16.7 Å². The fraction of sp³-hybridized carbons (Fsp3) is 0.0556. The van der Waals surface area contributed by atoms with E-state index < -0.39 is 5.97 Å². The Morgan fingerprint density at radius 2 is 1.65 bits per heavy atom. The highest BCUT2D eigenvalue weighted by Crippen LogP contribution is 2.31. The first-order valence-corrected chi connectivity index (χ1v) is 6.49. The van der Waals surface area contributed by atoms with Crippen molar-refractivity contribution in [3.8, 4) is 11.1 Å². The summed E-state index contributed by atoms with van der Waals surface area (Å²) in [5, 5.41) is 11.4. The van der Waals surface area contributed by atoms with Gasteiger partial charge in [0.1, 0.15) is 0 Å². The van der Waals surface area contributed by atoms with Crippen molar-refractivity contribution in [2.24, 2.45) is 0 Å². The summed E-state index contributed by atoms with van der Waals surface area (Å²) in [6.07, 6.45) is 0. The van der Waals surface area contributed by atoms with Gasteiger partial charge in [0.15, 0.2) is 0 Å². The fourth-order valence-corrected chi connectivity index (χ4v) is 2.56. The van der Waals surface area contributed by atoms with Crippen LogP contribution >= 0.6 is 0 Å². The lowest BCUT2D eigenvalue weighted by Gasteiger charge is -2.10. The van der Waals surface area contributed by atoms with Gasteiger partial charge < -0.3 is 5.11 Å². The number of carboxylic acid groups (broad SMARTS) is 1. The van der Waals surface area contributed by atoms with Crippen LogP contribution < -0.4 is 0 Å². The minimum atomic E-state index is -0.891. The lowest BCUT2D eigenvalue weighted by atomic mass is 9.94. The molecular formula is C18H14O2. The van der Waals surface area contributed by atoms with Crippen molar-refractivity contribution in [3.63, 3.8) is 0 Å². The van der Waals surface area contributed by atoms with Crippen LogP contribution in [0.15, 0.2) is 60.7 Å². The van der Waals surface area contributed by atoms with Gasteiger partial charge in [0.2, 0.25) is 0 Å². The molecule has 0 unspecified atom stereocenters. The molecule has 98 valence electrons. The van der Waals surface area contributed by atoms with E-state index in [1.165, 1.54) is 10.8 Å². The second kappa shape index (κ2) is 4.82. The van der Waals surface area contributed by atoms with E-state index in [9.17, 15) is 4.79 Å². The predicted octanol–water partition coefficient (Wildman–Crippen LogP) is 4.51. The smallest absolute Gasteiger partial charge is 0.335 e. The first-order valence-electron chi connectivity index (χ1n) is 6.49. The third kappa shape index (κ3) is 2.05. The topological polar surface area (TPSA) is 37.3 Å². The van der Waals surface area contributed by atoms with Crippen LogP contribution in [0.25, 0.3) is 21.9 Å². The molecule has 0 bridgehead atoms. The van der Waals surface area contributed by atoms with Crippen LogP contribution in [0.1, 0.15) is 15.9 Å². The van der Waals surface area contributed by atoms with E-state index in [0.29, 0.717) is 5.56 Å². The van der Waals surface area contributed by atoms with Gasteiger partial charge in [0.25, 0.3) is 0 Å². The second-order valence-corrected chi connectivity index (χ2v) is 4.86. The third-order valence-electron chi connectivity index (χ3n) is 3.55. The molecule has 3 aromatic carbocycles. The number of fused-ring (bicyclic) bond motifs is 1. The molecule has 0 aliphatic heterocycles. The highest BCUT2D eigenvalue weighted by Gasteiger charge is 2.09. The van der Waals surface area contributed by atoms with Crippen LogP contribution in [0.3, 0.4) is 0 Å². The van der Waals surface area contributed by atoms with Crippen molar-refractivity contribution in [1.29, 1.82) is 0 Å². The molecule has 3 aromatic rings. The zero-order chi connectivity index (χ0) is 14.1. The maximum absolute atomic E-state index is 11.0. The Hall–Kier alpha value is -2.61. The van der Waals surface area contributed by atoms with Crippen LogP contribution in [-0.2, 0) is 0 Å². The number of carboxylic acids is 1. The van der Waals surface area contributed by atoms with E-state index in [-0.39, 0.29) is 0 Å². The molecule has 0 saturated carbocycles. The minimum Gasteiger partial charge on any atom is -0.478 e. The molecule has 0 aromatic heterocycles. The van der Waals surface area contributed by atoms with E-state index in [2.05, 4.69) is 24.3 Å². The minimum absolute atomic E-state index is 0.325. The summed E-state index contributed by atoms with van der Waals surface area (Å²) in [5.41, 5.74) is 3.51. The predicted molar refractivity (Wildman–Crippen MR) is 81.1 cm³/mol. The lowest BCUT2D eigenvalue weighted by Crippen LogP contribution is -1.97. The Bertz CT molecular complexity index is 798. The molecular weight excluding hydrogens is 248 g/mol. The van der Waals surface area contributed by atoms with Crippen LogP contribution in [-0.4, -0.2) is 11.1 Å². The van der Waals surface area contributed by atoms with E-state index in [4.69, 9.17) is 5.11 Å². The molecule has 0 fully saturated rings. The maximum Gasteiger partial charge on any atom is 0.335 e. The second-order valence-electron chi connectivity index (χ2n) is 4.86. The van der Waals surface area contributed by atoms with Crippen LogP contribution in [0.5, 0.6) is 0 Å². The average Bonchev–Trinajstić information content (AvgIpc) is 2.46. The molecule has 0 radical (unpaired) electrons. The summed E-state index contributed by atoms with van der Waals surface area (Å²) in [5.74, 6) is -0.891. The summed E-state index contributed by atoms with van der Waals surface area (Å²) in [7, 11) is 0. The van der Waals surface area contributed by atoms with Crippen molar-refractivity contribution >= 4 is 16.7 Å². The molecule has 20 heavy (non-hydrogen) atoms. The van der Waals surface area contributed by atoms with E-state index >= 15 is 0 Å². The Balaban J connectivity index is 2.23. The molecule has 0 heterocycles. The molecule has 2 nitrogen and oxygen atoms in total. The SMILES string of the molecule is Cc1cc(C(=O)O)ccc1-c1cccc2ccccc12. The average molecular weight is 262 g/mol. The van der Waals surface area contributed by atoms with Gasteiger partial charge >= 0.3 is 5.97 Å². The molecule has 0 spiro atoms. The van der Waals surface area contributed by atoms with Crippen LogP contribution in [0, 0.1) is 6.92 Å². The van der Waals surface area contributed by atoms with Crippen molar-refractivity contribution in [2.45, 2.75) is 6.92 Å². The molecule has 3 rings (SSSR count). The van der Waals surface area contributed by atoms with Gasteiger partial charge in [-0.25, -0.2) is 4.79 Å². The van der Waals surface area contributed by atoms with Gasteiger partial charge in [-0.2, -0.15) is 0 Å². The normalized spacial score (nSPS) is 10.7. The van der Waals surface area contributed by atoms with E-state index in [1.54, 1.807) is 12.1 Å². The number of rotatable bonds is 2. The lowest BCUT2D eigenvalue weighted by molar-refractivity contribution is 0.0697. The van der Waals surface area contributed by atoms with Gasteiger partial charge in [0.05, 0.1) is 5.56 Å². The third-order valence-corrected chi connectivity index (χ3v) is 3.55. The summed E-state index contributed by atoms with van der Waals surface area (Å²) in [6, 6.07) is 19.7. The van der Waals surface area contributed by atoms with Gasteiger partial charge in [-0.3, -0.25) is 0 Å². The maximum atomic E-state index is 11.0. The van der Waals surface area contributed by atoms with E-state index in [1.807, 2.05) is 31.2 Å². The standard InChI is InChI=1S/C18H14O2/c1-12-11-14(18(19)20)9-10-15(12)17-8-4-6-13-5-2-3-7-16(13)17/h2-11H,1H3,(H,19,20). The van der Waals surface area contributed by atoms with Crippen molar-refractivity contribution in [3.05, 3.63) is 71.8 Å². The van der Waals surface area contributed by atoms with Crippen molar-refractivity contribution in [2.75, 3.05) is 0 Å². The van der Waals surface area contributed by atoms with Gasteiger partial charge in [-0.1, -0.05) is 48.5 Å². The quantitative estimate of drug-likeness (QED) is 0.737. The molecule has 0 aliphatic carbocycles. The summed E-state index contributed by atoms with van der Waals surface area (Å²) >= 11 is 0. The highest BCUT2D eigenvalue weighted by atomic mass is 16.4. The molecule has 0 atom stereocenters.